The Labute approximate surface area is 122 Å². The first kappa shape index (κ1) is 14.9. The number of carboxylic acids is 1. The van der Waals surface area contributed by atoms with E-state index in [1.54, 1.807) is 28.2 Å². The molecule has 0 saturated heterocycles. The highest BCUT2D eigenvalue weighted by Gasteiger charge is 2.26. The van der Waals surface area contributed by atoms with Crippen molar-refractivity contribution in [2.75, 3.05) is 14.2 Å². The van der Waals surface area contributed by atoms with Crippen LogP contribution in [0, 0.1) is 13.8 Å². The molecule has 0 aliphatic heterocycles. The van der Waals surface area contributed by atoms with Gasteiger partial charge in [-0.3, -0.25) is 4.68 Å². The number of aromatic carboxylic acids is 1. The van der Waals surface area contributed by atoms with Crippen molar-refractivity contribution in [2.45, 2.75) is 13.8 Å². The van der Waals surface area contributed by atoms with Gasteiger partial charge in [-0.15, -0.1) is 0 Å². The Morgan fingerprint density at radius 3 is 2.10 bits per heavy atom. The number of benzene rings is 1. The quantitative estimate of drug-likeness (QED) is 0.936. The molecule has 0 amide bonds. The molecule has 21 heavy (non-hydrogen) atoms. The molecule has 0 saturated carbocycles. The van der Waals surface area contributed by atoms with E-state index in [1.165, 1.54) is 4.68 Å². The first-order valence-corrected chi connectivity index (χ1v) is 6.40. The summed E-state index contributed by atoms with van der Waals surface area (Å²) in [5, 5.41) is 13.7. The summed E-state index contributed by atoms with van der Waals surface area (Å²) in [5.41, 5.74) is 2.79. The van der Waals surface area contributed by atoms with Gasteiger partial charge in [-0.05, 0) is 31.5 Å². The molecule has 6 nitrogen and oxygen atoms in total. The van der Waals surface area contributed by atoms with E-state index in [-0.39, 0.29) is 5.69 Å². The van der Waals surface area contributed by atoms with Crippen LogP contribution in [0.1, 0.15) is 21.7 Å². The summed E-state index contributed by atoms with van der Waals surface area (Å²) in [4.78, 5) is 11.6. The lowest BCUT2D eigenvalue weighted by molar-refractivity contribution is 0.0686. The highest BCUT2D eigenvalue weighted by Crippen LogP contribution is 2.42. The molecule has 2 rings (SSSR count). The van der Waals surface area contributed by atoms with E-state index in [9.17, 15) is 9.90 Å². The van der Waals surface area contributed by atoms with Gasteiger partial charge in [0.1, 0.15) is 11.5 Å². The average Bonchev–Trinajstić information content (AvgIpc) is 2.72. The number of rotatable bonds is 4. The smallest absolute Gasteiger partial charge is 0.354 e. The topological polar surface area (TPSA) is 73.6 Å². The fraction of sp³-hybridized carbons (Fsp3) is 0.333. The van der Waals surface area contributed by atoms with Crippen LogP contribution < -0.4 is 9.47 Å². The van der Waals surface area contributed by atoms with Crippen LogP contribution in [0.4, 0.5) is 0 Å². The number of hydrogen-bond donors (Lipinski definition) is 1. The van der Waals surface area contributed by atoms with Gasteiger partial charge in [-0.25, -0.2) is 4.79 Å². The molecule has 1 N–H and O–H groups in total. The standard InChI is InChI=1S/C15H18N2O4/c1-8-6-10(20-4)13(11(7-8)21-5)12-9(2)16-17(3)14(12)15(18)19/h6-7H,1-5H3,(H,18,19). The highest BCUT2D eigenvalue weighted by molar-refractivity contribution is 5.97. The van der Waals surface area contributed by atoms with Crippen molar-refractivity contribution in [2.24, 2.45) is 7.05 Å². The third-order valence-electron chi connectivity index (χ3n) is 3.32. The van der Waals surface area contributed by atoms with Crippen molar-refractivity contribution in [1.29, 1.82) is 0 Å². The lowest BCUT2D eigenvalue weighted by Crippen LogP contribution is -2.07. The molecule has 0 aliphatic carbocycles. The molecule has 6 heteroatoms. The van der Waals surface area contributed by atoms with Gasteiger partial charge in [-0.1, -0.05) is 0 Å². The average molecular weight is 290 g/mol. The molecule has 0 radical (unpaired) electrons. The van der Waals surface area contributed by atoms with Gasteiger partial charge >= 0.3 is 5.97 Å². The Balaban J connectivity index is 2.87. The molecular weight excluding hydrogens is 272 g/mol. The normalized spacial score (nSPS) is 10.5. The second-order valence-corrected chi connectivity index (χ2v) is 4.78. The largest absolute Gasteiger partial charge is 0.496 e. The van der Waals surface area contributed by atoms with Crippen LogP contribution in [0.25, 0.3) is 11.1 Å². The Morgan fingerprint density at radius 1 is 1.14 bits per heavy atom. The summed E-state index contributed by atoms with van der Waals surface area (Å²) in [7, 11) is 4.70. The Kier molecular flexibility index (Phi) is 3.88. The molecule has 0 atom stereocenters. The van der Waals surface area contributed by atoms with Crippen LogP contribution >= 0.6 is 0 Å². The van der Waals surface area contributed by atoms with Crippen molar-refractivity contribution in [3.05, 3.63) is 29.1 Å². The lowest BCUT2D eigenvalue weighted by Gasteiger charge is -2.15. The number of carbonyl (C=O) groups is 1. The minimum atomic E-state index is -1.04. The van der Waals surface area contributed by atoms with Crippen LogP contribution in [0.15, 0.2) is 12.1 Å². The number of hydrogen-bond acceptors (Lipinski definition) is 4. The fourth-order valence-electron chi connectivity index (χ4n) is 2.49. The zero-order valence-corrected chi connectivity index (χ0v) is 12.7. The van der Waals surface area contributed by atoms with Crippen LogP contribution in [0.3, 0.4) is 0 Å². The van der Waals surface area contributed by atoms with E-state index in [4.69, 9.17) is 9.47 Å². The van der Waals surface area contributed by atoms with Gasteiger partial charge in [0.2, 0.25) is 0 Å². The van der Waals surface area contributed by atoms with E-state index >= 15 is 0 Å². The second kappa shape index (κ2) is 5.47. The van der Waals surface area contributed by atoms with E-state index in [2.05, 4.69) is 5.10 Å². The predicted molar refractivity (Wildman–Crippen MR) is 78.2 cm³/mol. The number of methoxy groups -OCH3 is 2. The minimum Gasteiger partial charge on any atom is -0.496 e. The molecule has 0 fully saturated rings. The molecule has 0 spiro atoms. The molecule has 2 aromatic rings. The minimum absolute atomic E-state index is 0.105. The number of aromatic nitrogens is 2. The van der Waals surface area contributed by atoms with Crippen molar-refractivity contribution < 1.29 is 19.4 Å². The lowest BCUT2D eigenvalue weighted by atomic mass is 9.99. The van der Waals surface area contributed by atoms with Gasteiger partial charge in [-0.2, -0.15) is 5.10 Å². The SMILES string of the molecule is COc1cc(C)cc(OC)c1-c1c(C)nn(C)c1C(=O)O. The fourth-order valence-corrected chi connectivity index (χ4v) is 2.49. The summed E-state index contributed by atoms with van der Waals surface area (Å²) >= 11 is 0. The number of carboxylic acid groups (broad SMARTS) is 1. The van der Waals surface area contributed by atoms with Crippen molar-refractivity contribution >= 4 is 5.97 Å². The van der Waals surface area contributed by atoms with Crippen molar-refractivity contribution in [3.63, 3.8) is 0 Å². The first-order valence-electron chi connectivity index (χ1n) is 6.40. The third kappa shape index (κ3) is 2.44. The summed E-state index contributed by atoms with van der Waals surface area (Å²) < 4.78 is 12.2. The van der Waals surface area contributed by atoms with E-state index < -0.39 is 5.97 Å². The summed E-state index contributed by atoms with van der Waals surface area (Å²) in [5.74, 6) is 0.0775. The Morgan fingerprint density at radius 2 is 1.67 bits per heavy atom. The van der Waals surface area contributed by atoms with Crippen LogP contribution in [-0.2, 0) is 7.05 Å². The molecule has 0 aliphatic rings. The van der Waals surface area contributed by atoms with Gasteiger partial charge in [0.05, 0.1) is 25.5 Å². The van der Waals surface area contributed by atoms with Gasteiger partial charge < -0.3 is 14.6 Å². The maximum atomic E-state index is 11.6. The zero-order valence-electron chi connectivity index (χ0n) is 12.7. The first-order chi connectivity index (χ1) is 9.90. The molecule has 1 aromatic carbocycles. The molecule has 1 aromatic heterocycles. The van der Waals surface area contributed by atoms with Crippen molar-refractivity contribution in [3.8, 4) is 22.6 Å². The third-order valence-corrected chi connectivity index (χ3v) is 3.32. The number of ether oxygens (including phenoxy) is 2. The molecular formula is C15H18N2O4. The second-order valence-electron chi connectivity index (χ2n) is 4.78. The molecule has 1 heterocycles. The van der Waals surface area contributed by atoms with E-state index in [0.29, 0.717) is 28.3 Å². The van der Waals surface area contributed by atoms with E-state index in [1.807, 2.05) is 19.1 Å². The van der Waals surface area contributed by atoms with Gasteiger partial charge in [0.15, 0.2) is 5.69 Å². The summed E-state index contributed by atoms with van der Waals surface area (Å²) in [6.07, 6.45) is 0. The maximum Gasteiger partial charge on any atom is 0.354 e. The maximum absolute atomic E-state index is 11.6. The number of aryl methyl sites for hydroxylation is 3. The van der Waals surface area contributed by atoms with Crippen molar-refractivity contribution in [1.82, 2.24) is 9.78 Å². The Bertz CT molecular complexity index is 679. The zero-order chi connectivity index (χ0) is 15.7. The molecule has 0 unspecified atom stereocenters. The predicted octanol–water partition coefficient (Wildman–Crippen LogP) is 2.42. The van der Waals surface area contributed by atoms with Gasteiger partial charge in [0, 0.05) is 12.6 Å². The number of nitrogens with zero attached hydrogens (tertiary/aromatic N) is 2. The van der Waals surface area contributed by atoms with Crippen LogP contribution in [0.5, 0.6) is 11.5 Å². The monoisotopic (exact) mass is 290 g/mol. The van der Waals surface area contributed by atoms with E-state index in [0.717, 1.165) is 5.56 Å². The van der Waals surface area contributed by atoms with Gasteiger partial charge in [0.25, 0.3) is 0 Å². The Hall–Kier alpha value is -2.50. The highest BCUT2D eigenvalue weighted by atomic mass is 16.5. The van der Waals surface area contributed by atoms with Crippen LogP contribution in [-0.4, -0.2) is 35.1 Å². The summed E-state index contributed by atoms with van der Waals surface area (Å²) in [6.45, 7) is 3.68. The molecule has 0 bridgehead atoms. The van der Waals surface area contributed by atoms with Crippen LogP contribution in [0.2, 0.25) is 0 Å². The molecule has 112 valence electrons. The summed E-state index contributed by atoms with van der Waals surface area (Å²) in [6, 6.07) is 3.69.